The Morgan fingerprint density at radius 2 is 1.92 bits per heavy atom. The molecule has 1 N–H and O–H groups in total. The van der Waals surface area contributed by atoms with Crippen molar-refractivity contribution < 1.29 is 14.3 Å². The Balaban J connectivity index is 1.88. The number of methoxy groups -OCH3 is 1. The van der Waals surface area contributed by atoms with Crippen molar-refractivity contribution in [2.45, 2.75) is 26.7 Å². The van der Waals surface area contributed by atoms with Gasteiger partial charge in [0.15, 0.2) is 0 Å². The number of nitrogens with one attached hydrogen (secondary N) is 1. The van der Waals surface area contributed by atoms with Crippen LogP contribution in [0, 0.1) is 6.92 Å². The largest absolute Gasteiger partial charge is 0.495 e. The van der Waals surface area contributed by atoms with Crippen LogP contribution in [0.2, 0.25) is 5.02 Å². The number of aryl methyl sites for hydroxylation is 2. The van der Waals surface area contributed by atoms with Crippen LogP contribution in [0.15, 0.2) is 36.4 Å². The Morgan fingerprint density at radius 1 is 1.21 bits per heavy atom. The number of benzene rings is 2. The molecule has 2 rings (SSSR count). The standard InChI is InChI=1S/C19H22ClNO3/c1-4-14-5-7-15(8-6-14)24-10-9-19(22)21-17-11-13(2)16(20)12-18(17)23-3/h5-8,11-12H,4,9-10H2,1-3H3,(H,21,22). The molecule has 2 aromatic carbocycles. The molecule has 0 heterocycles. The molecule has 0 aliphatic rings. The first-order chi connectivity index (χ1) is 11.5. The minimum Gasteiger partial charge on any atom is -0.495 e. The molecule has 2 aromatic rings. The Kier molecular flexibility index (Phi) is 6.50. The van der Waals surface area contributed by atoms with E-state index in [0.717, 1.165) is 17.7 Å². The van der Waals surface area contributed by atoms with E-state index in [1.165, 1.54) is 5.56 Å². The number of anilines is 1. The first kappa shape index (κ1) is 18.1. The van der Waals surface area contributed by atoms with Crippen LogP contribution < -0.4 is 14.8 Å². The highest BCUT2D eigenvalue weighted by molar-refractivity contribution is 6.31. The molecular formula is C19H22ClNO3. The van der Waals surface area contributed by atoms with Crippen molar-refractivity contribution in [3.63, 3.8) is 0 Å². The molecule has 4 nitrogen and oxygen atoms in total. The quantitative estimate of drug-likeness (QED) is 0.794. The van der Waals surface area contributed by atoms with Gasteiger partial charge in [-0.3, -0.25) is 4.79 Å². The molecule has 0 aliphatic heterocycles. The molecular weight excluding hydrogens is 326 g/mol. The second-order valence-electron chi connectivity index (χ2n) is 5.45. The fourth-order valence-corrected chi connectivity index (χ4v) is 2.38. The van der Waals surface area contributed by atoms with E-state index in [9.17, 15) is 4.79 Å². The molecule has 24 heavy (non-hydrogen) atoms. The van der Waals surface area contributed by atoms with Gasteiger partial charge in [0.2, 0.25) is 5.91 Å². The number of halogens is 1. The zero-order valence-corrected chi connectivity index (χ0v) is 14.9. The minimum atomic E-state index is -0.139. The highest BCUT2D eigenvalue weighted by Gasteiger charge is 2.10. The summed E-state index contributed by atoms with van der Waals surface area (Å²) in [6, 6.07) is 11.4. The third kappa shape index (κ3) is 4.90. The van der Waals surface area contributed by atoms with Crippen molar-refractivity contribution in [3.8, 4) is 11.5 Å². The third-order valence-electron chi connectivity index (χ3n) is 3.68. The van der Waals surface area contributed by atoms with E-state index < -0.39 is 0 Å². The SMILES string of the molecule is CCc1ccc(OCCC(=O)Nc2cc(C)c(Cl)cc2OC)cc1. The molecule has 0 atom stereocenters. The smallest absolute Gasteiger partial charge is 0.227 e. The second-order valence-corrected chi connectivity index (χ2v) is 5.85. The van der Waals surface area contributed by atoms with Gasteiger partial charge >= 0.3 is 0 Å². The number of rotatable bonds is 7. The highest BCUT2D eigenvalue weighted by Crippen LogP contribution is 2.31. The monoisotopic (exact) mass is 347 g/mol. The summed E-state index contributed by atoms with van der Waals surface area (Å²) in [6.07, 6.45) is 1.24. The van der Waals surface area contributed by atoms with E-state index in [2.05, 4.69) is 12.2 Å². The van der Waals surface area contributed by atoms with Crippen LogP contribution in [0.25, 0.3) is 0 Å². The maximum absolute atomic E-state index is 12.1. The summed E-state index contributed by atoms with van der Waals surface area (Å²) in [5, 5.41) is 3.43. The number of carbonyl (C=O) groups excluding carboxylic acids is 1. The van der Waals surface area contributed by atoms with Crippen molar-refractivity contribution in [3.05, 3.63) is 52.5 Å². The molecule has 1 amide bonds. The zero-order chi connectivity index (χ0) is 17.5. The Hall–Kier alpha value is -2.20. The van der Waals surface area contributed by atoms with Gasteiger partial charge in [0.05, 0.1) is 25.8 Å². The summed E-state index contributed by atoms with van der Waals surface area (Å²) >= 11 is 6.06. The van der Waals surface area contributed by atoms with Crippen LogP contribution in [-0.2, 0) is 11.2 Å². The maximum atomic E-state index is 12.1. The van der Waals surface area contributed by atoms with Gasteiger partial charge in [-0.2, -0.15) is 0 Å². The number of amides is 1. The lowest BCUT2D eigenvalue weighted by Crippen LogP contribution is -2.16. The summed E-state index contributed by atoms with van der Waals surface area (Å²) < 4.78 is 10.8. The van der Waals surface area contributed by atoms with E-state index in [0.29, 0.717) is 23.1 Å². The minimum absolute atomic E-state index is 0.139. The van der Waals surface area contributed by atoms with Gasteiger partial charge in [-0.1, -0.05) is 30.7 Å². The van der Waals surface area contributed by atoms with E-state index in [4.69, 9.17) is 21.1 Å². The lowest BCUT2D eigenvalue weighted by Gasteiger charge is -2.12. The zero-order valence-electron chi connectivity index (χ0n) is 14.2. The molecule has 0 aromatic heterocycles. The van der Waals surface area contributed by atoms with Gasteiger partial charge in [0.25, 0.3) is 0 Å². The predicted molar refractivity (Wildman–Crippen MR) is 97.3 cm³/mol. The lowest BCUT2D eigenvalue weighted by atomic mass is 10.2. The van der Waals surface area contributed by atoms with Crippen LogP contribution in [-0.4, -0.2) is 19.6 Å². The average Bonchev–Trinajstić information content (AvgIpc) is 2.58. The number of hydrogen-bond acceptors (Lipinski definition) is 3. The third-order valence-corrected chi connectivity index (χ3v) is 4.09. The Bertz CT molecular complexity index is 699. The molecule has 0 aliphatic carbocycles. The molecule has 0 saturated heterocycles. The van der Waals surface area contributed by atoms with E-state index in [1.807, 2.05) is 31.2 Å². The summed E-state index contributed by atoms with van der Waals surface area (Å²) in [5.74, 6) is 1.16. The molecule has 128 valence electrons. The molecule has 0 spiro atoms. The molecule has 0 saturated carbocycles. The van der Waals surface area contributed by atoms with Gasteiger partial charge in [-0.15, -0.1) is 0 Å². The second kappa shape index (κ2) is 8.60. The van der Waals surface area contributed by atoms with E-state index >= 15 is 0 Å². The molecule has 0 radical (unpaired) electrons. The topological polar surface area (TPSA) is 47.6 Å². The molecule has 0 bridgehead atoms. The van der Waals surface area contributed by atoms with Crippen molar-refractivity contribution >= 4 is 23.2 Å². The first-order valence-corrected chi connectivity index (χ1v) is 8.27. The van der Waals surface area contributed by atoms with Crippen LogP contribution >= 0.6 is 11.6 Å². The number of carbonyl (C=O) groups is 1. The van der Waals surface area contributed by atoms with Crippen LogP contribution in [0.1, 0.15) is 24.5 Å². The fourth-order valence-electron chi connectivity index (χ4n) is 2.23. The van der Waals surface area contributed by atoms with Crippen LogP contribution in [0.3, 0.4) is 0 Å². The summed E-state index contributed by atoms with van der Waals surface area (Å²) in [6.45, 7) is 4.29. The predicted octanol–water partition coefficient (Wildman–Crippen LogP) is 4.63. The van der Waals surface area contributed by atoms with Gasteiger partial charge < -0.3 is 14.8 Å². The summed E-state index contributed by atoms with van der Waals surface area (Å²) in [4.78, 5) is 12.1. The normalized spacial score (nSPS) is 10.3. The van der Waals surface area contributed by atoms with Gasteiger partial charge in [0, 0.05) is 11.1 Å². The number of hydrogen-bond donors (Lipinski definition) is 1. The molecule has 5 heteroatoms. The summed E-state index contributed by atoms with van der Waals surface area (Å²) in [7, 11) is 1.54. The maximum Gasteiger partial charge on any atom is 0.227 e. The number of ether oxygens (including phenoxy) is 2. The van der Waals surface area contributed by atoms with Crippen molar-refractivity contribution in [2.75, 3.05) is 19.0 Å². The highest BCUT2D eigenvalue weighted by atomic mass is 35.5. The van der Waals surface area contributed by atoms with Crippen LogP contribution in [0.4, 0.5) is 5.69 Å². The molecule has 0 fully saturated rings. The van der Waals surface area contributed by atoms with E-state index in [-0.39, 0.29) is 12.3 Å². The van der Waals surface area contributed by atoms with Gasteiger partial charge in [0.1, 0.15) is 11.5 Å². The molecule has 0 unspecified atom stereocenters. The average molecular weight is 348 g/mol. The van der Waals surface area contributed by atoms with Gasteiger partial charge in [-0.25, -0.2) is 0 Å². The fraction of sp³-hybridized carbons (Fsp3) is 0.316. The van der Waals surface area contributed by atoms with Crippen molar-refractivity contribution in [1.82, 2.24) is 0 Å². The Morgan fingerprint density at radius 3 is 2.54 bits per heavy atom. The van der Waals surface area contributed by atoms with E-state index in [1.54, 1.807) is 19.2 Å². The van der Waals surface area contributed by atoms with Crippen molar-refractivity contribution in [2.24, 2.45) is 0 Å². The first-order valence-electron chi connectivity index (χ1n) is 7.89. The van der Waals surface area contributed by atoms with Crippen LogP contribution in [0.5, 0.6) is 11.5 Å². The Labute approximate surface area is 147 Å². The van der Waals surface area contributed by atoms with Crippen molar-refractivity contribution in [1.29, 1.82) is 0 Å². The van der Waals surface area contributed by atoms with Gasteiger partial charge in [-0.05, 0) is 42.7 Å². The lowest BCUT2D eigenvalue weighted by molar-refractivity contribution is -0.116. The summed E-state index contributed by atoms with van der Waals surface area (Å²) in [5.41, 5.74) is 2.74.